The van der Waals surface area contributed by atoms with Crippen molar-refractivity contribution >= 4 is 5.91 Å². The number of benzene rings is 1. The average molecular weight is 344 g/mol. The molecule has 2 N–H and O–H groups in total. The summed E-state index contributed by atoms with van der Waals surface area (Å²) in [6.45, 7) is 5.04. The zero-order valence-electron chi connectivity index (χ0n) is 13.6. The zero-order chi connectivity index (χ0) is 17.9. The molecular formula is C17H20F4N2O. The van der Waals surface area contributed by atoms with Crippen molar-refractivity contribution in [1.29, 1.82) is 0 Å². The van der Waals surface area contributed by atoms with Gasteiger partial charge in [-0.2, -0.15) is 13.2 Å². The number of nitrogens with two attached hydrogens (primary N) is 1. The quantitative estimate of drug-likeness (QED) is 0.856. The summed E-state index contributed by atoms with van der Waals surface area (Å²) in [6.07, 6.45) is -3.86. The van der Waals surface area contributed by atoms with E-state index in [1.165, 1.54) is 0 Å². The van der Waals surface area contributed by atoms with Gasteiger partial charge in [0.25, 0.3) is 0 Å². The van der Waals surface area contributed by atoms with Crippen molar-refractivity contribution in [3.05, 3.63) is 35.1 Å². The molecule has 1 aromatic rings. The highest BCUT2D eigenvalue weighted by Gasteiger charge is 2.65. The van der Waals surface area contributed by atoms with Crippen LogP contribution in [0, 0.1) is 22.6 Å². The Balaban J connectivity index is 1.82. The minimum Gasteiger partial charge on any atom is -0.369 e. The third kappa shape index (κ3) is 2.59. The Morgan fingerprint density at radius 1 is 1.38 bits per heavy atom. The second-order valence-electron chi connectivity index (χ2n) is 7.71. The molecule has 2 atom stereocenters. The van der Waals surface area contributed by atoms with E-state index in [4.69, 9.17) is 5.73 Å². The first kappa shape index (κ1) is 17.2. The number of carbonyl (C=O) groups excluding carboxylic acids is 1. The molecule has 1 heterocycles. The summed E-state index contributed by atoms with van der Waals surface area (Å²) in [5.41, 5.74) is 4.01. The lowest BCUT2D eigenvalue weighted by molar-refractivity contribution is -0.148. The molecule has 1 saturated heterocycles. The number of primary amides is 1. The number of nitrogens with zero attached hydrogens (tertiary/aromatic N) is 1. The highest BCUT2D eigenvalue weighted by molar-refractivity contribution is 5.83. The Bertz CT molecular complexity index is 686. The van der Waals surface area contributed by atoms with Gasteiger partial charge in [0, 0.05) is 25.2 Å². The van der Waals surface area contributed by atoms with E-state index in [1.807, 2.05) is 18.7 Å². The first-order valence-corrected chi connectivity index (χ1v) is 7.84. The lowest BCUT2D eigenvalue weighted by Crippen LogP contribution is -2.59. The van der Waals surface area contributed by atoms with Gasteiger partial charge >= 0.3 is 6.18 Å². The number of alkyl halides is 3. The zero-order valence-corrected chi connectivity index (χ0v) is 13.6. The summed E-state index contributed by atoms with van der Waals surface area (Å²) in [7, 11) is 0. The van der Waals surface area contributed by atoms with Gasteiger partial charge in [-0.3, -0.25) is 9.69 Å². The minimum atomic E-state index is -4.51. The Labute approximate surface area is 137 Å². The smallest absolute Gasteiger partial charge is 0.369 e. The van der Waals surface area contributed by atoms with E-state index in [0.29, 0.717) is 19.5 Å². The SMILES string of the molecule is CC1(C)C[C@]2(C(N)=O)CN(Cc3cc(C(F)(F)F)ccc3F)C[C@H]12. The van der Waals surface area contributed by atoms with Crippen molar-refractivity contribution in [1.82, 2.24) is 4.90 Å². The van der Waals surface area contributed by atoms with E-state index in [1.54, 1.807) is 0 Å². The highest BCUT2D eigenvalue weighted by atomic mass is 19.4. The van der Waals surface area contributed by atoms with Crippen LogP contribution in [0.25, 0.3) is 0 Å². The van der Waals surface area contributed by atoms with Crippen molar-refractivity contribution in [2.45, 2.75) is 33.0 Å². The summed E-state index contributed by atoms with van der Waals surface area (Å²) in [5, 5.41) is 0. The van der Waals surface area contributed by atoms with Crippen LogP contribution in [-0.4, -0.2) is 23.9 Å². The van der Waals surface area contributed by atoms with Gasteiger partial charge in [0.15, 0.2) is 0 Å². The van der Waals surface area contributed by atoms with Gasteiger partial charge in [0.2, 0.25) is 5.91 Å². The fraction of sp³-hybridized carbons (Fsp3) is 0.588. The normalized spacial score (nSPS) is 29.2. The molecule has 0 spiro atoms. The lowest BCUT2D eigenvalue weighted by Gasteiger charge is -2.54. The molecule has 1 amide bonds. The first-order valence-electron chi connectivity index (χ1n) is 7.84. The van der Waals surface area contributed by atoms with Gasteiger partial charge < -0.3 is 5.73 Å². The highest BCUT2D eigenvalue weighted by Crippen LogP contribution is 2.62. The van der Waals surface area contributed by atoms with Crippen molar-refractivity contribution in [2.24, 2.45) is 22.5 Å². The number of carbonyl (C=O) groups is 1. The maximum atomic E-state index is 13.9. The predicted molar refractivity (Wildman–Crippen MR) is 80.2 cm³/mol. The molecule has 3 nitrogen and oxygen atoms in total. The first-order chi connectivity index (χ1) is 11.0. The number of hydrogen-bond acceptors (Lipinski definition) is 2. The summed E-state index contributed by atoms with van der Waals surface area (Å²) in [6, 6.07) is 2.43. The molecule has 24 heavy (non-hydrogen) atoms. The molecule has 132 valence electrons. The van der Waals surface area contributed by atoms with Gasteiger partial charge in [0.1, 0.15) is 5.82 Å². The van der Waals surface area contributed by atoms with Crippen LogP contribution in [0.1, 0.15) is 31.4 Å². The summed E-state index contributed by atoms with van der Waals surface area (Å²) < 4.78 is 52.4. The van der Waals surface area contributed by atoms with E-state index in [0.717, 1.165) is 18.2 Å². The molecule has 0 bridgehead atoms. The Morgan fingerprint density at radius 2 is 2.04 bits per heavy atom. The molecule has 1 aliphatic heterocycles. The van der Waals surface area contributed by atoms with Gasteiger partial charge in [0.05, 0.1) is 11.0 Å². The third-order valence-corrected chi connectivity index (χ3v) is 5.59. The summed E-state index contributed by atoms with van der Waals surface area (Å²) >= 11 is 0. The van der Waals surface area contributed by atoms with Crippen molar-refractivity contribution in [3.8, 4) is 0 Å². The summed E-state index contributed by atoms with van der Waals surface area (Å²) in [5.74, 6) is -0.996. The van der Waals surface area contributed by atoms with E-state index in [9.17, 15) is 22.4 Å². The van der Waals surface area contributed by atoms with Crippen molar-refractivity contribution in [2.75, 3.05) is 13.1 Å². The second-order valence-corrected chi connectivity index (χ2v) is 7.71. The van der Waals surface area contributed by atoms with Gasteiger partial charge in [-0.15, -0.1) is 0 Å². The molecule has 0 aromatic heterocycles. The maximum Gasteiger partial charge on any atom is 0.416 e. The fourth-order valence-corrected chi connectivity index (χ4v) is 4.56. The second kappa shape index (κ2) is 5.18. The van der Waals surface area contributed by atoms with Gasteiger partial charge in [-0.05, 0) is 36.0 Å². The molecule has 0 unspecified atom stereocenters. The Kier molecular flexibility index (Phi) is 3.71. The van der Waals surface area contributed by atoms with Crippen LogP contribution < -0.4 is 5.73 Å². The molecule has 1 saturated carbocycles. The topological polar surface area (TPSA) is 46.3 Å². The van der Waals surface area contributed by atoms with Crippen LogP contribution >= 0.6 is 0 Å². The average Bonchev–Trinajstić information content (AvgIpc) is 2.75. The van der Waals surface area contributed by atoms with Crippen LogP contribution in [-0.2, 0) is 17.5 Å². The maximum absolute atomic E-state index is 13.9. The van der Waals surface area contributed by atoms with Crippen molar-refractivity contribution in [3.63, 3.8) is 0 Å². The van der Waals surface area contributed by atoms with E-state index in [2.05, 4.69) is 0 Å². The molecule has 1 aromatic carbocycles. The monoisotopic (exact) mass is 344 g/mol. The minimum absolute atomic E-state index is 0.0106. The van der Waals surface area contributed by atoms with Crippen LogP contribution in [0.2, 0.25) is 0 Å². The summed E-state index contributed by atoms with van der Waals surface area (Å²) in [4.78, 5) is 13.7. The molecule has 1 aliphatic carbocycles. The van der Waals surface area contributed by atoms with E-state index in [-0.39, 0.29) is 29.3 Å². The molecule has 2 fully saturated rings. The number of rotatable bonds is 3. The van der Waals surface area contributed by atoms with Crippen LogP contribution in [0.5, 0.6) is 0 Å². The number of fused-ring (bicyclic) bond motifs is 1. The number of likely N-dealkylation sites (tertiary alicyclic amines) is 1. The fourth-order valence-electron chi connectivity index (χ4n) is 4.56. The molecule has 0 radical (unpaired) electrons. The standard InChI is InChI=1S/C17H20F4N2O/c1-15(2)8-16(14(22)24)9-23(7-13(15)16)6-10-5-11(17(19,20)21)3-4-12(10)18/h3-5,13H,6-9H2,1-2H3,(H2,22,24)/t13-,16+/m1/s1. The van der Waals surface area contributed by atoms with Crippen LogP contribution in [0.15, 0.2) is 18.2 Å². The molecular weight excluding hydrogens is 324 g/mol. The third-order valence-electron chi connectivity index (χ3n) is 5.59. The largest absolute Gasteiger partial charge is 0.416 e. The lowest BCUT2D eigenvalue weighted by atomic mass is 9.48. The number of hydrogen-bond donors (Lipinski definition) is 1. The van der Waals surface area contributed by atoms with Crippen LogP contribution in [0.4, 0.5) is 17.6 Å². The molecule has 3 rings (SSSR count). The van der Waals surface area contributed by atoms with E-state index >= 15 is 0 Å². The number of halogens is 4. The predicted octanol–water partition coefficient (Wildman–Crippen LogP) is 3.18. The molecule has 2 aliphatic rings. The van der Waals surface area contributed by atoms with Crippen LogP contribution in [0.3, 0.4) is 0 Å². The van der Waals surface area contributed by atoms with Crippen molar-refractivity contribution < 1.29 is 22.4 Å². The Hall–Kier alpha value is -1.63. The number of amides is 1. The molecule has 7 heteroatoms. The van der Waals surface area contributed by atoms with E-state index < -0.39 is 23.0 Å². The van der Waals surface area contributed by atoms with Gasteiger partial charge in [-0.25, -0.2) is 4.39 Å². The van der Waals surface area contributed by atoms with Gasteiger partial charge in [-0.1, -0.05) is 13.8 Å². The Morgan fingerprint density at radius 3 is 2.54 bits per heavy atom.